The molecule has 0 saturated carbocycles. The first kappa shape index (κ1) is 17.3. The first-order valence-electron chi connectivity index (χ1n) is 6.38. The number of urea groups is 1. The first-order valence-corrected chi connectivity index (χ1v) is 6.38. The Morgan fingerprint density at radius 2 is 1.77 bits per heavy atom. The molecule has 0 bridgehead atoms. The van der Waals surface area contributed by atoms with E-state index in [0.717, 1.165) is 12.1 Å². The van der Waals surface area contributed by atoms with Crippen LogP contribution < -0.4 is 11.1 Å². The number of carbonyl (C=O) groups is 4. The van der Waals surface area contributed by atoms with Gasteiger partial charge in [-0.1, -0.05) is 0 Å². The van der Waals surface area contributed by atoms with Crippen LogP contribution in [0.15, 0.2) is 24.3 Å². The van der Waals surface area contributed by atoms with Gasteiger partial charge in [0.05, 0.1) is 6.42 Å². The molecule has 1 aromatic carbocycles. The number of ketones is 1. The Kier molecular flexibility index (Phi) is 6.18. The molecule has 1 rings (SSSR count). The van der Waals surface area contributed by atoms with Crippen LogP contribution in [0.3, 0.4) is 0 Å². The topological polar surface area (TPSA) is 116 Å². The molecule has 0 aliphatic rings. The highest BCUT2D eigenvalue weighted by molar-refractivity contribution is 5.98. The number of primary amides is 1. The maximum Gasteiger partial charge on any atom is 0.318 e. The molecule has 3 amide bonds. The Labute approximate surface area is 125 Å². The second-order valence-electron chi connectivity index (χ2n) is 4.42. The molecule has 0 radical (unpaired) electrons. The van der Waals surface area contributed by atoms with Crippen LogP contribution in [0.4, 0.5) is 9.18 Å². The Hall–Kier alpha value is -2.77. The van der Waals surface area contributed by atoms with E-state index in [1.807, 2.05) is 0 Å². The highest BCUT2D eigenvalue weighted by Gasteiger charge is 2.19. The quantitative estimate of drug-likeness (QED) is 0.598. The number of ether oxygens (including phenoxy) is 1. The van der Waals surface area contributed by atoms with Crippen LogP contribution in [0.1, 0.15) is 30.1 Å². The Morgan fingerprint density at radius 1 is 1.18 bits per heavy atom. The smallest absolute Gasteiger partial charge is 0.318 e. The molecule has 1 aromatic rings. The second kappa shape index (κ2) is 7.87. The number of rotatable bonds is 6. The van der Waals surface area contributed by atoms with Crippen molar-refractivity contribution in [3.8, 4) is 0 Å². The highest BCUT2D eigenvalue weighted by atomic mass is 19.1. The first-order chi connectivity index (χ1) is 10.3. The molecule has 0 aromatic heterocycles. The summed E-state index contributed by atoms with van der Waals surface area (Å²) in [4.78, 5) is 45.0. The van der Waals surface area contributed by atoms with Gasteiger partial charge in [-0.25, -0.2) is 9.18 Å². The molecule has 0 fully saturated rings. The number of nitrogens with one attached hydrogen (secondary N) is 1. The largest absolute Gasteiger partial charge is 0.453 e. The van der Waals surface area contributed by atoms with Gasteiger partial charge >= 0.3 is 12.0 Å². The number of nitrogens with two attached hydrogens (primary N) is 1. The number of Topliss-reactive ketones (excluding diaryl/α,β-unsaturated/α-hetero) is 1. The van der Waals surface area contributed by atoms with Gasteiger partial charge in [-0.3, -0.25) is 19.7 Å². The minimum absolute atomic E-state index is 0.144. The number of carbonyl (C=O) groups excluding carboxylic acids is 4. The van der Waals surface area contributed by atoms with E-state index in [4.69, 9.17) is 10.5 Å². The van der Waals surface area contributed by atoms with E-state index < -0.39 is 29.8 Å². The van der Waals surface area contributed by atoms with Gasteiger partial charge in [0.1, 0.15) is 5.82 Å². The van der Waals surface area contributed by atoms with Crippen molar-refractivity contribution in [1.82, 2.24) is 5.32 Å². The number of imide groups is 1. The van der Waals surface area contributed by atoms with Crippen LogP contribution in [-0.2, 0) is 14.3 Å². The van der Waals surface area contributed by atoms with Crippen LogP contribution in [0.25, 0.3) is 0 Å². The lowest BCUT2D eigenvalue weighted by Gasteiger charge is -2.11. The fourth-order valence-corrected chi connectivity index (χ4v) is 1.53. The summed E-state index contributed by atoms with van der Waals surface area (Å²) in [6, 6.07) is 3.85. The standard InChI is InChI=1S/C14H15FN2O5/c1-8(13(20)17-14(16)21)22-12(19)7-6-11(18)9-2-4-10(15)5-3-9/h2-5,8H,6-7H2,1H3,(H3,16,17,20,21)/t8-/m1/s1. The van der Waals surface area contributed by atoms with E-state index in [1.54, 1.807) is 5.32 Å². The normalized spacial score (nSPS) is 11.4. The zero-order valence-electron chi connectivity index (χ0n) is 11.8. The number of benzene rings is 1. The molecule has 0 unspecified atom stereocenters. The third kappa shape index (κ3) is 5.70. The lowest BCUT2D eigenvalue weighted by Crippen LogP contribution is -2.42. The zero-order valence-corrected chi connectivity index (χ0v) is 11.8. The van der Waals surface area contributed by atoms with Gasteiger partial charge in [0.15, 0.2) is 11.9 Å². The van der Waals surface area contributed by atoms with E-state index in [9.17, 15) is 23.6 Å². The molecule has 0 heterocycles. The molecule has 0 aliphatic carbocycles. The molecule has 8 heteroatoms. The maximum absolute atomic E-state index is 12.7. The van der Waals surface area contributed by atoms with Crippen molar-refractivity contribution >= 4 is 23.7 Å². The van der Waals surface area contributed by atoms with E-state index in [0.29, 0.717) is 0 Å². The number of hydrogen-bond donors (Lipinski definition) is 2. The van der Waals surface area contributed by atoms with E-state index in [2.05, 4.69) is 0 Å². The average molecular weight is 310 g/mol. The molecular weight excluding hydrogens is 295 g/mol. The summed E-state index contributed by atoms with van der Waals surface area (Å²) in [7, 11) is 0. The van der Waals surface area contributed by atoms with E-state index >= 15 is 0 Å². The van der Waals surface area contributed by atoms with E-state index in [-0.39, 0.29) is 24.2 Å². The third-order valence-corrected chi connectivity index (χ3v) is 2.65. The molecule has 7 nitrogen and oxygen atoms in total. The summed E-state index contributed by atoms with van der Waals surface area (Å²) in [5, 5.41) is 1.76. The van der Waals surface area contributed by atoms with Crippen LogP contribution in [0, 0.1) is 5.82 Å². The van der Waals surface area contributed by atoms with Crippen molar-refractivity contribution in [3.63, 3.8) is 0 Å². The summed E-state index contributed by atoms with van der Waals surface area (Å²) >= 11 is 0. The van der Waals surface area contributed by atoms with Crippen molar-refractivity contribution in [2.45, 2.75) is 25.9 Å². The number of halogens is 1. The predicted molar refractivity (Wildman–Crippen MR) is 73.2 cm³/mol. The summed E-state index contributed by atoms with van der Waals surface area (Å²) in [5.74, 6) is -2.45. The van der Waals surface area contributed by atoms with Gasteiger partial charge < -0.3 is 10.5 Å². The van der Waals surface area contributed by atoms with Gasteiger partial charge in [-0.2, -0.15) is 0 Å². The molecule has 118 valence electrons. The maximum atomic E-state index is 12.7. The van der Waals surface area contributed by atoms with Gasteiger partial charge in [-0.05, 0) is 31.2 Å². The summed E-state index contributed by atoms with van der Waals surface area (Å²) in [5.41, 5.74) is 5.02. The minimum atomic E-state index is -1.21. The van der Waals surface area contributed by atoms with Gasteiger partial charge in [0, 0.05) is 12.0 Å². The average Bonchev–Trinajstić information content (AvgIpc) is 2.44. The van der Waals surface area contributed by atoms with Crippen molar-refractivity contribution in [2.75, 3.05) is 0 Å². The van der Waals surface area contributed by atoms with Crippen LogP contribution in [0.2, 0.25) is 0 Å². The van der Waals surface area contributed by atoms with Gasteiger partial charge in [0.2, 0.25) is 0 Å². The van der Waals surface area contributed by atoms with Gasteiger partial charge in [0.25, 0.3) is 5.91 Å². The molecular formula is C14H15FN2O5. The predicted octanol–water partition coefficient (Wildman–Crippen LogP) is 0.915. The van der Waals surface area contributed by atoms with Crippen molar-refractivity contribution in [1.29, 1.82) is 0 Å². The minimum Gasteiger partial charge on any atom is -0.453 e. The van der Waals surface area contributed by atoms with Crippen LogP contribution in [-0.4, -0.2) is 29.8 Å². The SMILES string of the molecule is C[C@@H](OC(=O)CCC(=O)c1ccc(F)cc1)C(=O)NC(N)=O. The molecule has 0 aliphatic heterocycles. The molecule has 22 heavy (non-hydrogen) atoms. The lowest BCUT2D eigenvalue weighted by molar-refractivity contribution is -0.154. The fraction of sp³-hybridized carbons (Fsp3) is 0.286. The summed E-state index contributed by atoms with van der Waals surface area (Å²) < 4.78 is 17.5. The lowest BCUT2D eigenvalue weighted by atomic mass is 10.1. The van der Waals surface area contributed by atoms with Crippen LogP contribution in [0.5, 0.6) is 0 Å². The molecule has 0 saturated heterocycles. The monoisotopic (exact) mass is 310 g/mol. The van der Waals surface area contributed by atoms with E-state index in [1.165, 1.54) is 19.1 Å². The highest BCUT2D eigenvalue weighted by Crippen LogP contribution is 2.08. The molecule has 0 spiro atoms. The Morgan fingerprint density at radius 3 is 2.32 bits per heavy atom. The van der Waals surface area contributed by atoms with Gasteiger partial charge in [-0.15, -0.1) is 0 Å². The third-order valence-electron chi connectivity index (χ3n) is 2.65. The fourth-order valence-electron chi connectivity index (χ4n) is 1.53. The van der Waals surface area contributed by atoms with Crippen molar-refractivity contribution < 1.29 is 28.3 Å². The van der Waals surface area contributed by atoms with Crippen molar-refractivity contribution in [2.24, 2.45) is 5.73 Å². The summed E-state index contributed by atoms with van der Waals surface area (Å²) in [6.07, 6.45) is -1.60. The Bertz CT molecular complexity index is 585. The number of esters is 1. The van der Waals surface area contributed by atoms with Crippen LogP contribution >= 0.6 is 0 Å². The molecule has 1 atom stereocenters. The second-order valence-corrected chi connectivity index (χ2v) is 4.42. The Balaban J connectivity index is 2.42. The molecule has 3 N–H and O–H groups in total. The van der Waals surface area contributed by atoms with Crippen molar-refractivity contribution in [3.05, 3.63) is 35.6 Å². The summed E-state index contributed by atoms with van der Waals surface area (Å²) in [6.45, 7) is 1.26. The zero-order chi connectivity index (χ0) is 16.7. The number of amides is 3. The number of hydrogen-bond acceptors (Lipinski definition) is 5.